The first-order chi connectivity index (χ1) is 8.24. The molecule has 0 saturated carbocycles. The summed E-state index contributed by atoms with van der Waals surface area (Å²) in [7, 11) is 2.14. The number of aromatic nitrogens is 1. The van der Waals surface area contributed by atoms with E-state index in [0.29, 0.717) is 6.10 Å². The lowest BCUT2D eigenvalue weighted by atomic mass is 10.2. The molecule has 1 unspecified atom stereocenters. The molecule has 1 atom stereocenters. The lowest BCUT2D eigenvalue weighted by Gasteiger charge is -2.20. The summed E-state index contributed by atoms with van der Waals surface area (Å²) in [6, 6.07) is 3.90. The van der Waals surface area contributed by atoms with Gasteiger partial charge in [0.1, 0.15) is 0 Å². The van der Waals surface area contributed by atoms with Crippen molar-refractivity contribution < 1.29 is 4.74 Å². The van der Waals surface area contributed by atoms with E-state index in [1.54, 1.807) is 6.20 Å². The minimum atomic E-state index is 0.430. The van der Waals surface area contributed by atoms with E-state index in [2.05, 4.69) is 16.9 Å². The fourth-order valence-corrected chi connectivity index (χ4v) is 2.12. The minimum absolute atomic E-state index is 0.430. The van der Waals surface area contributed by atoms with Gasteiger partial charge in [0.05, 0.1) is 18.0 Å². The highest BCUT2D eigenvalue weighted by Gasteiger charge is 2.16. The second-order valence-corrected chi connectivity index (χ2v) is 4.73. The van der Waals surface area contributed by atoms with Crippen LogP contribution in [-0.4, -0.2) is 42.7 Å². The fraction of sp³-hybridized carbons (Fsp3) is 0.615. The van der Waals surface area contributed by atoms with Crippen molar-refractivity contribution >= 4 is 5.69 Å². The molecule has 0 spiro atoms. The van der Waals surface area contributed by atoms with E-state index in [9.17, 15) is 0 Å². The van der Waals surface area contributed by atoms with Crippen molar-refractivity contribution in [3.05, 3.63) is 24.0 Å². The van der Waals surface area contributed by atoms with E-state index >= 15 is 0 Å². The summed E-state index contributed by atoms with van der Waals surface area (Å²) in [6.07, 6.45) is 5.51. The van der Waals surface area contributed by atoms with Gasteiger partial charge in [-0.25, -0.2) is 0 Å². The topological polar surface area (TPSA) is 51.4 Å². The van der Waals surface area contributed by atoms with Crippen LogP contribution in [0.2, 0.25) is 0 Å². The summed E-state index contributed by atoms with van der Waals surface area (Å²) in [5.74, 6) is 0. The molecule has 2 heterocycles. The fourth-order valence-electron chi connectivity index (χ4n) is 2.12. The summed E-state index contributed by atoms with van der Waals surface area (Å²) in [4.78, 5) is 6.61. The zero-order valence-electron chi connectivity index (χ0n) is 10.4. The number of likely N-dealkylation sites (N-methyl/N-ethyl adjacent to an activating group) is 1. The number of nitrogen functional groups attached to an aromatic ring is 1. The van der Waals surface area contributed by atoms with Crippen LogP contribution in [0.3, 0.4) is 0 Å². The predicted molar refractivity (Wildman–Crippen MR) is 68.8 cm³/mol. The highest BCUT2D eigenvalue weighted by atomic mass is 16.5. The molecule has 4 heteroatoms. The predicted octanol–water partition coefficient (Wildman–Crippen LogP) is 1.32. The third-order valence-electron chi connectivity index (χ3n) is 3.14. The van der Waals surface area contributed by atoms with E-state index in [4.69, 9.17) is 10.5 Å². The quantitative estimate of drug-likeness (QED) is 0.836. The van der Waals surface area contributed by atoms with Gasteiger partial charge in [0.25, 0.3) is 0 Å². The Morgan fingerprint density at radius 3 is 3.06 bits per heavy atom. The van der Waals surface area contributed by atoms with Crippen molar-refractivity contribution in [2.45, 2.75) is 25.4 Å². The number of hydrogen-bond donors (Lipinski definition) is 1. The molecular weight excluding hydrogens is 214 g/mol. The zero-order chi connectivity index (χ0) is 12.1. The van der Waals surface area contributed by atoms with Gasteiger partial charge in [-0.3, -0.25) is 4.98 Å². The third-order valence-corrected chi connectivity index (χ3v) is 3.14. The van der Waals surface area contributed by atoms with Gasteiger partial charge in [0.2, 0.25) is 0 Å². The van der Waals surface area contributed by atoms with Crippen LogP contribution in [0.15, 0.2) is 18.3 Å². The van der Waals surface area contributed by atoms with Crippen LogP contribution in [-0.2, 0) is 11.2 Å². The van der Waals surface area contributed by atoms with Crippen molar-refractivity contribution in [2.24, 2.45) is 0 Å². The summed E-state index contributed by atoms with van der Waals surface area (Å²) < 4.78 is 5.62. The zero-order valence-corrected chi connectivity index (χ0v) is 10.4. The molecule has 0 aliphatic carbocycles. The van der Waals surface area contributed by atoms with Crippen LogP contribution in [0.5, 0.6) is 0 Å². The van der Waals surface area contributed by atoms with Crippen molar-refractivity contribution in [1.29, 1.82) is 0 Å². The standard InChI is InChI=1S/C13H21N3O/c1-16(10-13-3-2-8-17-13)7-6-12-5-4-11(14)9-15-12/h4-5,9,13H,2-3,6-8,10,14H2,1H3. The van der Waals surface area contributed by atoms with Crippen LogP contribution in [0.1, 0.15) is 18.5 Å². The SMILES string of the molecule is CN(CCc1ccc(N)cn1)CC1CCCO1. The van der Waals surface area contributed by atoms with Gasteiger partial charge in [-0.05, 0) is 32.0 Å². The Balaban J connectivity index is 1.71. The molecule has 1 aliphatic heterocycles. The Hall–Kier alpha value is -1.13. The molecule has 1 aliphatic rings. The smallest absolute Gasteiger partial charge is 0.0702 e. The maximum absolute atomic E-state index is 5.62. The molecule has 1 saturated heterocycles. The second-order valence-electron chi connectivity index (χ2n) is 4.73. The lowest BCUT2D eigenvalue weighted by Crippen LogP contribution is -2.30. The highest BCUT2D eigenvalue weighted by Crippen LogP contribution is 2.12. The summed E-state index contributed by atoms with van der Waals surface area (Å²) in [6.45, 7) is 2.96. The molecule has 2 rings (SSSR count). The minimum Gasteiger partial charge on any atom is -0.397 e. The first-order valence-electron chi connectivity index (χ1n) is 6.24. The summed E-state index contributed by atoms with van der Waals surface area (Å²) in [5, 5.41) is 0. The first kappa shape index (κ1) is 12.3. The molecule has 1 aromatic heterocycles. The molecule has 94 valence electrons. The molecule has 0 radical (unpaired) electrons. The van der Waals surface area contributed by atoms with Gasteiger partial charge in [-0.2, -0.15) is 0 Å². The summed E-state index contributed by atoms with van der Waals surface area (Å²) in [5.41, 5.74) is 7.42. The Labute approximate surface area is 103 Å². The van der Waals surface area contributed by atoms with Crippen molar-refractivity contribution in [1.82, 2.24) is 9.88 Å². The number of pyridine rings is 1. The van der Waals surface area contributed by atoms with E-state index in [1.807, 2.05) is 12.1 Å². The number of ether oxygens (including phenoxy) is 1. The second kappa shape index (κ2) is 5.98. The van der Waals surface area contributed by atoms with Gasteiger partial charge in [0, 0.05) is 31.8 Å². The van der Waals surface area contributed by atoms with Crippen LogP contribution >= 0.6 is 0 Å². The number of hydrogen-bond acceptors (Lipinski definition) is 4. The Morgan fingerprint density at radius 2 is 2.41 bits per heavy atom. The van der Waals surface area contributed by atoms with Gasteiger partial charge in [-0.15, -0.1) is 0 Å². The third kappa shape index (κ3) is 3.98. The van der Waals surface area contributed by atoms with Gasteiger partial charge >= 0.3 is 0 Å². The number of anilines is 1. The van der Waals surface area contributed by atoms with E-state index in [-0.39, 0.29) is 0 Å². The van der Waals surface area contributed by atoms with Crippen LogP contribution in [0.25, 0.3) is 0 Å². The number of nitrogens with zero attached hydrogens (tertiary/aromatic N) is 2. The van der Waals surface area contributed by atoms with E-state index < -0.39 is 0 Å². The van der Waals surface area contributed by atoms with E-state index in [0.717, 1.165) is 37.5 Å². The van der Waals surface area contributed by atoms with Gasteiger partial charge in [0.15, 0.2) is 0 Å². The van der Waals surface area contributed by atoms with E-state index in [1.165, 1.54) is 12.8 Å². The molecule has 0 aromatic carbocycles. The largest absolute Gasteiger partial charge is 0.397 e. The van der Waals surface area contributed by atoms with Crippen LogP contribution < -0.4 is 5.73 Å². The van der Waals surface area contributed by atoms with Gasteiger partial charge < -0.3 is 15.4 Å². The first-order valence-corrected chi connectivity index (χ1v) is 6.24. The molecule has 17 heavy (non-hydrogen) atoms. The monoisotopic (exact) mass is 235 g/mol. The number of nitrogens with two attached hydrogens (primary N) is 1. The molecule has 2 N–H and O–H groups in total. The molecule has 0 bridgehead atoms. The average molecular weight is 235 g/mol. The summed E-state index contributed by atoms with van der Waals surface area (Å²) >= 11 is 0. The maximum Gasteiger partial charge on any atom is 0.0702 e. The normalized spacial score (nSPS) is 20.0. The van der Waals surface area contributed by atoms with Crippen LogP contribution in [0.4, 0.5) is 5.69 Å². The Morgan fingerprint density at radius 1 is 1.53 bits per heavy atom. The molecular formula is C13H21N3O. The molecule has 0 amide bonds. The average Bonchev–Trinajstić information content (AvgIpc) is 2.81. The molecule has 1 fully saturated rings. The van der Waals surface area contributed by atoms with Crippen LogP contribution in [0, 0.1) is 0 Å². The number of rotatable bonds is 5. The van der Waals surface area contributed by atoms with Gasteiger partial charge in [-0.1, -0.05) is 0 Å². The Bertz CT molecular complexity index is 333. The van der Waals surface area contributed by atoms with Crippen molar-refractivity contribution in [3.8, 4) is 0 Å². The Kier molecular flexibility index (Phi) is 4.34. The lowest BCUT2D eigenvalue weighted by molar-refractivity contribution is 0.0815. The molecule has 1 aromatic rings. The van der Waals surface area contributed by atoms with Crippen molar-refractivity contribution in [3.63, 3.8) is 0 Å². The molecule has 4 nitrogen and oxygen atoms in total. The highest BCUT2D eigenvalue weighted by molar-refractivity contribution is 5.34. The van der Waals surface area contributed by atoms with Crippen molar-refractivity contribution in [2.75, 3.05) is 32.5 Å². The maximum atomic E-state index is 5.62.